The van der Waals surface area contributed by atoms with Gasteiger partial charge in [-0.2, -0.15) is 0 Å². The first kappa shape index (κ1) is 13.7. The van der Waals surface area contributed by atoms with Crippen LogP contribution in [0.1, 0.15) is 18.9 Å². The summed E-state index contributed by atoms with van der Waals surface area (Å²) in [6.07, 6.45) is 0.374. The number of esters is 1. The van der Waals surface area contributed by atoms with Gasteiger partial charge in [-0.05, 0) is 42.8 Å². The van der Waals surface area contributed by atoms with Crippen LogP contribution >= 0.6 is 0 Å². The number of para-hydroxylation sites is 2. The Labute approximate surface area is 137 Å². The second kappa shape index (κ2) is 4.44. The molecular formula is C19H15FN2O2. The molecule has 2 aromatic carbocycles. The molecule has 0 amide bonds. The minimum atomic E-state index is -0.840. The zero-order valence-corrected chi connectivity index (χ0v) is 13.1. The normalized spacial score (nSPS) is 24.9. The minimum absolute atomic E-state index is 0.176. The number of cyclic esters (lactones) is 1. The molecule has 2 atom stereocenters. The monoisotopic (exact) mass is 322 g/mol. The van der Waals surface area contributed by atoms with Crippen LogP contribution in [0, 0.1) is 5.82 Å². The van der Waals surface area contributed by atoms with E-state index in [4.69, 9.17) is 9.72 Å². The predicted molar refractivity (Wildman–Crippen MR) is 87.0 cm³/mol. The highest BCUT2D eigenvalue weighted by Gasteiger charge is 2.53. The zero-order valence-electron chi connectivity index (χ0n) is 13.1. The maximum Gasteiger partial charge on any atom is 0.318 e. The van der Waals surface area contributed by atoms with E-state index in [1.807, 2.05) is 31.2 Å². The van der Waals surface area contributed by atoms with E-state index >= 15 is 0 Å². The molecule has 4 nitrogen and oxygen atoms in total. The van der Waals surface area contributed by atoms with Gasteiger partial charge in [0, 0.05) is 18.5 Å². The molecule has 120 valence electrons. The molecule has 0 N–H and O–H groups in total. The summed E-state index contributed by atoms with van der Waals surface area (Å²) in [7, 11) is 0. The lowest BCUT2D eigenvalue weighted by Crippen LogP contribution is -2.40. The standard InChI is InChI=1S/C19H15FN2O2/c1-11-9-19(18(23)24-11)10-22-16-5-3-2-4-15(16)21-17(22)13-7-6-12(20)8-14(13)19/h2-8,11H,9-10H2,1H3. The van der Waals surface area contributed by atoms with Gasteiger partial charge in [0.25, 0.3) is 0 Å². The number of hydrogen-bond donors (Lipinski definition) is 0. The van der Waals surface area contributed by atoms with Crippen molar-refractivity contribution in [1.82, 2.24) is 9.55 Å². The van der Waals surface area contributed by atoms with Crippen molar-refractivity contribution >= 4 is 17.0 Å². The average Bonchev–Trinajstić information content (AvgIpc) is 3.06. The molecule has 3 aromatic rings. The van der Waals surface area contributed by atoms with Crippen molar-refractivity contribution in [2.75, 3.05) is 0 Å². The summed E-state index contributed by atoms with van der Waals surface area (Å²) in [5, 5.41) is 0. The Morgan fingerprint density at radius 3 is 2.92 bits per heavy atom. The molecule has 0 aliphatic carbocycles. The number of carbonyl (C=O) groups is 1. The van der Waals surface area contributed by atoms with Gasteiger partial charge in [-0.3, -0.25) is 4.79 Å². The van der Waals surface area contributed by atoms with Crippen molar-refractivity contribution in [1.29, 1.82) is 0 Å². The zero-order chi connectivity index (χ0) is 16.5. The summed E-state index contributed by atoms with van der Waals surface area (Å²) < 4.78 is 21.5. The maximum atomic E-state index is 14.0. The molecule has 2 aliphatic rings. The second-order valence-corrected chi connectivity index (χ2v) is 6.70. The third-order valence-corrected chi connectivity index (χ3v) is 5.16. The predicted octanol–water partition coefficient (Wildman–Crippen LogP) is 3.43. The number of carbonyl (C=O) groups excluding carboxylic acids is 1. The van der Waals surface area contributed by atoms with Crippen LogP contribution in [-0.4, -0.2) is 21.6 Å². The second-order valence-electron chi connectivity index (χ2n) is 6.70. The van der Waals surface area contributed by atoms with E-state index in [-0.39, 0.29) is 17.9 Å². The molecule has 5 rings (SSSR count). The van der Waals surface area contributed by atoms with Gasteiger partial charge in [0.2, 0.25) is 0 Å². The summed E-state index contributed by atoms with van der Waals surface area (Å²) in [6, 6.07) is 12.5. The Kier molecular flexibility index (Phi) is 2.54. The number of hydrogen-bond acceptors (Lipinski definition) is 3. The average molecular weight is 322 g/mol. The Balaban J connectivity index is 1.87. The quantitative estimate of drug-likeness (QED) is 0.596. The summed E-state index contributed by atoms with van der Waals surface area (Å²) in [4.78, 5) is 17.4. The van der Waals surface area contributed by atoms with Crippen molar-refractivity contribution in [2.24, 2.45) is 0 Å². The van der Waals surface area contributed by atoms with Crippen LogP contribution in [0.5, 0.6) is 0 Å². The lowest BCUT2D eigenvalue weighted by molar-refractivity contribution is -0.145. The van der Waals surface area contributed by atoms with Gasteiger partial charge in [-0.15, -0.1) is 0 Å². The Morgan fingerprint density at radius 1 is 1.29 bits per heavy atom. The first-order valence-corrected chi connectivity index (χ1v) is 8.05. The van der Waals surface area contributed by atoms with Gasteiger partial charge in [-0.25, -0.2) is 9.37 Å². The van der Waals surface area contributed by atoms with Crippen LogP contribution in [0.25, 0.3) is 22.4 Å². The van der Waals surface area contributed by atoms with E-state index < -0.39 is 5.41 Å². The highest BCUT2D eigenvalue weighted by Crippen LogP contribution is 2.48. The molecule has 1 fully saturated rings. The molecule has 24 heavy (non-hydrogen) atoms. The SMILES string of the molecule is CC1CC2(Cn3c(nc4ccccc43)-c3ccc(F)cc32)C(=O)O1. The van der Waals surface area contributed by atoms with Crippen LogP contribution in [0.4, 0.5) is 4.39 Å². The number of imidazole rings is 1. The molecular weight excluding hydrogens is 307 g/mol. The molecule has 3 heterocycles. The number of benzene rings is 2. The van der Waals surface area contributed by atoms with Crippen LogP contribution in [0.2, 0.25) is 0 Å². The molecule has 1 saturated heterocycles. The lowest BCUT2D eigenvalue weighted by Gasteiger charge is -2.33. The Bertz CT molecular complexity index is 1010. The molecule has 1 aromatic heterocycles. The van der Waals surface area contributed by atoms with Crippen LogP contribution < -0.4 is 0 Å². The van der Waals surface area contributed by atoms with Gasteiger partial charge in [0.05, 0.1) is 11.0 Å². The molecule has 0 radical (unpaired) electrons. The van der Waals surface area contributed by atoms with Gasteiger partial charge < -0.3 is 9.30 Å². The maximum absolute atomic E-state index is 14.0. The smallest absolute Gasteiger partial charge is 0.318 e. The van der Waals surface area contributed by atoms with Crippen molar-refractivity contribution < 1.29 is 13.9 Å². The molecule has 0 saturated carbocycles. The fraction of sp³-hybridized carbons (Fsp3) is 0.263. The van der Waals surface area contributed by atoms with Crippen molar-refractivity contribution in [2.45, 2.75) is 31.4 Å². The molecule has 0 bridgehead atoms. The summed E-state index contributed by atoms with van der Waals surface area (Å²) >= 11 is 0. The van der Waals surface area contributed by atoms with Crippen LogP contribution in [0.15, 0.2) is 42.5 Å². The summed E-state index contributed by atoms with van der Waals surface area (Å²) in [6.45, 7) is 2.32. The van der Waals surface area contributed by atoms with E-state index in [1.54, 1.807) is 6.07 Å². The number of ether oxygens (including phenoxy) is 1. The summed E-state index contributed by atoms with van der Waals surface area (Å²) in [5.41, 5.74) is 2.52. The van der Waals surface area contributed by atoms with Crippen molar-refractivity contribution in [3.63, 3.8) is 0 Å². The van der Waals surface area contributed by atoms with Gasteiger partial charge >= 0.3 is 5.97 Å². The number of rotatable bonds is 0. The van der Waals surface area contributed by atoms with Crippen LogP contribution in [-0.2, 0) is 21.5 Å². The fourth-order valence-electron chi connectivity index (χ4n) is 4.16. The van der Waals surface area contributed by atoms with E-state index in [0.717, 1.165) is 22.4 Å². The van der Waals surface area contributed by atoms with E-state index in [1.165, 1.54) is 12.1 Å². The Morgan fingerprint density at radius 2 is 2.12 bits per heavy atom. The number of aromatic nitrogens is 2. The third kappa shape index (κ3) is 1.62. The first-order chi connectivity index (χ1) is 11.6. The number of halogens is 1. The van der Waals surface area contributed by atoms with E-state index in [9.17, 15) is 9.18 Å². The van der Waals surface area contributed by atoms with Crippen molar-refractivity contribution in [3.05, 3.63) is 53.8 Å². The minimum Gasteiger partial charge on any atom is -0.462 e. The highest BCUT2D eigenvalue weighted by molar-refractivity contribution is 5.91. The van der Waals surface area contributed by atoms with Gasteiger partial charge in [0.1, 0.15) is 23.2 Å². The molecule has 2 aliphatic heterocycles. The fourth-order valence-corrected chi connectivity index (χ4v) is 4.16. The lowest BCUT2D eigenvalue weighted by atomic mass is 9.73. The van der Waals surface area contributed by atoms with Gasteiger partial charge in [0.15, 0.2) is 0 Å². The van der Waals surface area contributed by atoms with Crippen molar-refractivity contribution in [3.8, 4) is 11.4 Å². The first-order valence-electron chi connectivity index (χ1n) is 8.05. The molecule has 2 unspecified atom stereocenters. The van der Waals surface area contributed by atoms with Crippen LogP contribution in [0.3, 0.4) is 0 Å². The Hall–Kier alpha value is -2.69. The number of nitrogens with zero attached hydrogens (tertiary/aromatic N) is 2. The largest absolute Gasteiger partial charge is 0.462 e. The van der Waals surface area contributed by atoms with E-state index in [0.29, 0.717) is 18.5 Å². The summed E-state index contributed by atoms with van der Waals surface area (Å²) in [5.74, 6) is 0.166. The van der Waals surface area contributed by atoms with Gasteiger partial charge in [-0.1, -0.05) is 12.1 Å². The number of fused-ring (bicyclic) bond motifs is 6. The topological polar surface area (TPSA) is 44.1 Å². The van der Waals surface area contributed by atoms with E-state index in [2.05, 4.69) is 4.57 Å². The third-order valence-electron chi connectivity index (χ3n) is 5.16. The molecule has 5 heteroatoms. The molecule has 1 spiro atoms. The highest BCUT2D eigenvalue weighted by atomic mass is 19.1.